The van der Waals surface area contributed by atoms with Gasteiger partial charge in [-0.25, -0.2) is 4.79 Å². The maximum Gasteiger partial charge on any atom is 0.371 e. The number of fused-ring (bicyclic) bond motifs is 1. The summed E-state index contributed by atoms with van der Waals surface area (Å²) >= 11 is 0. The molecule has 0 bridgehead atoms. The van der Waals surface area contributed by atoms with Gasteiger partial charge in [-0.15, -0.1) is 0 Å². The zero-order chi connectivity index (χ0) is 14.3. The highest BCUT2D eigenvalue weighted by Gasteiger charge is 2.28. The first-order valence-corrected chi connectivity index (χ1v) is 6.91. The molecule has 0 spiro atoms. The number of hydrogen-bond acceptors (Lipinski definition) is 3. The molecule has 3 rings (SSSR count). The van der Waals surface area contributed by atoms with Gasteiger partial charge in [0.25, 0.3) is 0 Å². The van der Waals surface area contributed by atoms with Gasteiger partial charge in [-0.3, -0.25) is 4.90 Å². The molecule has 106 valence electrons. The molecule has 20 heavy (non-hydrogen) atoms. The number of rotatable bonds is 3. The molecule has 0 unspecified atom stereocenters. The largest absolute Gasteiger partial charge is 0.475 e. The first-order valence-electron chi connectivity index (χ1n) is 6.91. The minimum Gasteiger partial charge on any atom is -0.475 e. The van der Waals surface area contributed by atoms with E-state index in [1.807, 2.05) is 18.2 Å². The van der Waals surface area contributed by atoms with Crippen LogP contribution in [0.25, 0.3) is 11.0 Å². The van der Waals surface area contributed by atoms with Crippen molar-refractivity contribution in [3.63, 3.8) is 0 Å². The number of furan rings is 1. The predicted octanol–water partition coefficient (Wildman–Crippen LogP) is 3.36. The van der Waals surface area contributed by atoms with Crippen molar-refractivity contribution in [1.29, 1.82) is 0 Å². The van der Waals surface area contributed by atoms with Crippen molar-refractivity contribution in [3.8, 4) is 0 Å². The van der Waals surface area contributed by atoms with Crippen molar-refractivity contribution >= 4 is 16.9 Å². The Morgan fingerprint density at radius 1 is 1.40 bits per heavy atom. The molecule has 0 radical (unpaired) electrons. The molecule has 2 heterocycles. The third kappa shape index (κ3) is 2.56. The van der Waals surface area contributed by atoms with E-state index in [9.17, 15) is 4.79 Å². The highest BCUT2D eigenvalue weighted by molar-refractivity contribution is 5.91. The fourth-order valence-corrected chi connectivity index (χ4v) is 2.91. The van der Waals surface area contributed by atoms with Crippen molar-refractivity contribution in [2.75, 3.05) is 13.1 Å². The topological polar surface area (TPSA) is 53.7 Å². The average Bonchev–Trinajstić information content (AvgIpc) is 2.92. The van der Waals surface area contributed by atoms with Crippen LogP contribution >= 0.6 is 0 Å². The second-order valence-corrected chi connectivity index (χ2v) is 6.41. The summed E-state index contributed by atoms with van der Waals surface area (Å²) in [5.41, 5.74) is 2.23. The Kier molecular flexibility index (Phi) is 3.05. The Hall–Kier alpha value is -1.81. The summed E-state index contributed by atoms with van der Waals surface area (Å²) < 4.78 is 5.27. The van der Waals surface area contributed by atoms with Gasteiger partial charge >= 0.3 is 5.97 Å². The zero-order valence-corrected chi connectivity index (χ0v) is 11.8. The highest BCUT2D eigenvalue weighted by atomic mass is 16.4. The summed E-state index contributed by atoms with van der Waals surface area (Å²) in [6.45, 7) is 7.73. The van der Waals surface area contributed by atoms with E-state index in [0.717, 1.165) is 25.0 Å². The average molecular weight is 273 g/mol. The van der Waals surface area contributed by atoms with Crippen molar-refractivity contribution < 1.29 is 14.3 Å². The fourth-order valence-electron chi connectivity index (χ4n) is 2.91. The number of carboxylic acid groups (broad SMARTS) is 1. The third-order valence-corrected chi connectivity index (χ3v) is 3.95. The lowest BCUT2D eigenvalue weighted by Crippen LogP contribution is -2.22. The maximum atomic E-state index is 10.9. The van der Waals surface area contributed by atoms with E-state index in [-0.39, 0.29) is 5.76 Å². The number of carbonyl (C=O) groups is 1. The van der Waals surface area contributed by atoms with E-state index in [4.69, 9.17) is 9.52 Å². The van der Waals surface area contributed by atoms with E-state index in [0.29, 0.717) is 11.0 Å². The third-order valence-electron chi connectivity index (χ3n) is 3.95. The summed E-state index contributed by atoms with van der Waals surface area (Å²) in [6, 6.07) is 7.49. The molecule has 1 aromatic carbocycles. The smallest absolute Gasteiger partial charge is 0.371 e. The number of carboxylic acids is 1. The Morgan fingerprint density at radius 3 is 2.85 bits per heavy atom. The summed E-state index contributed by atoms with van der Waals surface area (Å²) in [5.74, 6) is -1.02. The second-order valence-electron chi connectivity index (χ2n) is 6.41. The minimum absolute atomic E-state index is 0.000504. The van der Waals surface area contributed by atoms with Crippen LogP contribution in [0.2, 0.25) is 0 Å². The molecule has 1 aromatic heterocycles. The van der Waals surface area contributed by atoms with Gasteiger partial charge in [-0.05, 0) is 42.1 Å². The van der Waals surface area contributed by atoms with Crippen molar-refractivity contribution in [2.45, 2.75) is 26.8 Å². The van der Waals surface area contributed by atoms with Crippen LogP contribution in [-0.4, -0.2) is 29.1 Å². The summed E-state index contributed by atoms with van der Waals surface area (Å²) in [5, 5.41) is 9.80. The van der Waals surface area contributed by atoms with Gasteiger partial charge in [0.15, 0.2) is 0 Å². The lowest BCUT2D eigenvalue weighted by atomic mass is 9.93. The molecule has 0 saturated carbocycles. The van der Waals surface area contributed by atoms with Crippen LogP contribution in [0.4, 0.5) is 0 Å². The van der Waals surface area contributed by atoms with Crippen LogP contribution in [0.5, 0.6) is 0 Å². The van der Waals surface area contributed by atoms with Gasteiger partial charge in [0, 0.05) is 18.5 Å². The first kappa shape index (κ1) is 13.2. The number of nitrogens with zero attached hydrogens (tertiary/aromatic N) is 1. The van der Waals surface area contributed by atoms with Gasteiger partial charge in [0.2, 0.25) is 5.76 Å². The lowest BCUT2D eigenvalue weighted by Gasteiger charge is -2.19. The minimum atomic E-state index is -1.02. The van der Waals surface area contributed by atoms with E-state index in [1.54, 1.807) is 6.07 Å². The molecule has 1 fully saturated rings. The van der Waals surface area contributed by atoms with Gasteiger partial charge in [-0.1, -0.05) is 19.9 Å². The number of aromatic carboxylic acids is 1. The number of likely N-dealkylation sites (tertiary alicyclic amines) is 1. The number of benzene rings is 1. The SMILES string of the molecule is CC1(C)CCN(Cc2ccc3oc(C(=O)O)cc3c2)C1. The van der Waals surface area contributed by atoms with Crippen LogP contribution in [0.15, 0.2) is 28.7 Å². The normalized spacial score (nSPS) is 18.7. The maximum absolute atomic E-state index is 10.9. The Bertz CT molecular complexity index is 657. The standard InChI is InChI=1S/C16H19NO3/c1-16(2)5-6-17(10-16)9-11-3-4-13-12(7-11)8-14(20-13)15(18)19/h3-4,7-8H,5-6,9-10H2,1-2H3,(H,18,19). The molecule has 1 aliphatic rings. The summed E-state index contributed by atoms with van der Waals surface area (Å²) in [6.07, 6.45) is 1.23. The highest BCUT2D eigenvalue weighted by Crippen LogP contribution is 2.30. The van der Waals surface area contributed by atoms with Crippen molar-refractivity contribution in [1.82, 2.24) is 4.90 Å². The molecule has 1 aliphatic heterocycles. The number of hydrogen-bond donors (Lipinski definition) is 1. The van der Waals surface area contributed by atoms with E-state index < -0.39 is 5.97 Å². The van der Waals surface area contributed by atoms with Crippen LogP contribution in [-0.2, 0) is 6.54 Å². The summed E-state index contributed by atoms with van der Waals surface area (Å²) in [7, 11) is 0. The lowest BCUT2D eigenvalue weighted by molar-refractivity contribution is 0.0665. The van der Waals surface area contributed by atoms with Gasteiger partial charge in [0.05, 0.1) is 0 Å². The second kappa shape index (κ2) is 4.63. The molecular formula is C16H19NO3. The fraction of sp³-hybridized carbons (Fsp3) is 0.438. The van der Waals surface area contributed by atoms with Gasteiger partial charge in [-0.2, -0.15) is 0 Å². The molecule has 2 aromatic rings. The van der Waals surface area contributed by atoms with E-state index >= 15 is 0 Å². The summed E-state index contributed by atoms with van der Waals surface area (Å²) in [4.78, 5) is 13.3. The van der Waals surface area contributed by atoms with Crippen LogP contribution < -0.4 is 0 Å². The van der Waals surface area contributed by atoms with E-state index in [2.05, 4.69) is 18.7 Å². The molecule has 0 aliphatic carbocycles. The molecule has 1 N–H and O–H groups in total. The van der Waals surface area contributed by atoms with E-state index in [1.165, 1.54) is 12.0 Å². The molecule has 1 saturated heterocycles. The molecular weight excluding hydrogens is 254 g/mol. The Balaban J connectivity index is 1.81. The Labute approximate surface area is 118 Å². The van der Waals surface area contributed by atoms with Crippen molar-refractivity contribution in [2.24, 2.45) is 5.41 Å². The molecule has 4 heteroatoms. The van der Waals surface area contributed by atoms with Gasteiger partial charge in [0.1, 0.15) is 5.58 Å². The monoisotopic (exact) mass is 273 g/mol. The van der Waals surface area contributed by atoms with Crippen molar-refractivity contribution in [3.05, 3.63) is 35.6 Å². The molecule has 4 nitrogen and oxygen atoms in total. The quantitative estimate of drug-likeness (QED) is 0.931. The Morgan fingerprint density at radius 2 is 2.20 bits per heavy atom. The van der Waals surface area contributed by atoms with Gasteiger partial charge < -0.3 is 9.52 Å². The van der Waals surface area contributed by atoms with Crippen LogP contribution in [0.1, 0.15) is 36.4 Å². The zero-order valence-electron chi connectivity index (χ0n) is 11.8. The van der Waals surface area contributed by atoms with Crippen LogP contribution in [0, 0.1) is 5.41 Å². The first-order chi connectivity index (χ1) is 9.43. The van der Waals surface area contributed by atoms with Crippen LogP contribution in [0.3, 0.4) is 0 Å². The molecule has 0 atom stereocenters. The molecule has 0 amide bonds. The predicted molar refractivity (Wildman–Crippen MR) is 76.8 cm³/mol.